The molecule has 1 aromatic carbocycles. The number of fused-ring (bicyclic) bond motifs is 1. The normalized spacial score (nSPS) is 17.9. The minimum Gasteiger partial charge on any atom is -0.369 e. The van der Waals surface area contributed by atoms with E-state index in [9.17, 15) is 18.0 Å². The molecule has 2 aromatic rings. The molecule has 2 heterocycles. The van der Waals surface area contributed by atoms with Gasteiger partial charge in [0.25, 0.3) is 5.91 Å². The standard InChI is InChI=1S/C21H24F3N3OS/c1-26-8-10-27(11-9-26)14-6-7-18(17(12-14)21(22,23)24)25-20(28)16-13-29-19-5-3-2-4-15(16)19/h6-7,12-13H,2-5,8-11H2,1H3,(H,25,28). The lowest BCUT2D eigenvalue weighted by atomic mass is 9.95. The zero-order valence-corrected chi connectivity index (χ0v) is 17.1. The first kappa shape index (κ1) is 20.2. The highest BCUT2D eigenvalue weighted by atomic mass is 32.1. The van der Waals surface area contributed by atoms with Crippen molar-refractivity contribution in [2.24, 2.45) is 0 Å². The van der Waals surface area contributed by atoms with Gasteiger partial charge in [-0.2, -0.15) is 13.2 Å². The number of thiophene rings is 1. The lowest BCUT2D eigenvalue weighted by Gasteiger charge is -2.34. The summed E-state index contributed by atoms with van der Waals surface area (Å²) in [5.74, 6) is -0.456. The van der Waals surface area contributed by atoms with Gasteiger partial charge in [0, 0.05) is 42.1 Å². The van der Waals surface area contributed by atoms with Crippen LogP contribution in [0.1, 0.15) is 39.2 Å². The van der Waals surface area contributed by atoms with Crippen molar-refractivity contribution in [2.45, 2.75) is 31.9 Å². The van der Waals surface area contributed by atoms with Crippen molar-refractivity contribution >= 4 is 28.6 Å². The number of hydrogen-bond donors (Lipinski definition) is 1. The van der Waals surface area contributed by atoms with E-state index in [0.29, 0.717) is 24.3 Å². The average molecular weight is 424 g/mol. The van der Waals surface area contributed by atoms with E-state index in [1.807, 2.05) is 11.9 Å². The van der Waals surface area contributed by atoms with Crippen molar-refractivity contribution in [1.82, 2.24) is 4.90 Å². The number of hydrogen-bond acceptors (Lipinski definition) is 4. The molecule has 1 aliphatic carbocycles. The number of likely N-dealkylation sites (N-methyl/N-ethyl adjacent to an activating group) is 1. The molecule has 29 heavy (non-hydrogen) atoms. The Kier molecular flexibility index (Phi) is 5.57. The maximum absolute atomic E-state index is 13.7. The number of amides is 1. The molecule has 4 nitrogen and oxygen atoms in total. The van der Waals surface area contributed by atoms with Crippen LogP contribution >= 0.6 is 11.3 Å². The smallest absolute Gasteiger partial charge is 0.369 e. The van der Waals surface area contributed by atoms with Crippen LogP contribution in [0.4, 0.5) is 24.5 Å². The number of carbonyl (C=O) groups excluding carboxylic acids is 1. The summed E-state index contributed by atoms with van der Waals surface area (Å²) in [5.41, 5.74) is 1.07. The van der Waals surface area contributed by atoms with Crippen LogP contribution in [-0.2, 0) is 19.0 Å². The maximum Gasteiger partial charge on any atom is 0.418 e. The maximum atomic E-state index is 13.7. The Labute approximate surface area is 172 Å². The van der Waals surface area contributed by atoms with Gasteiger partial charge in [-0.25, -0.2) is 0 Å². The van der Waals surface area contributed by atoms with Crippen molar-refractivity contribution < 1.29 is 18.0 Å². The number of halogens is 3. The first-order valence-electron chi connectivity index (χ1n) is 9.88. The van der Waals surface area contributed by atoms with Crippen molar-refractivity contribution in [3.8, 4) is 0 Å². The van der Waals surface area contributed by atoms with E-state index in [1.54, 1.807) is 11.4 Å². The quantitative estimate of drug-likeness (QED) is 0.781. The van der Waals surface area contributed by atoms with Crippen LogP contribution in [-0.4, -0.2) is 44.0 Å². The fourth-order valence-electron chi connectivity index (χ4n) is 4.01. The third kappa shape index (κ3) is 4.28. The van der Waals surface area contributed by atoms with Gasteiger partial charge in [-0.05, 0) is 56.5 Å². The van der Waals surface area contributed by atoms with Gasteiger partial charge in [0.2, 0.25) is 0 Å². The summed E-state index contributed by atoms with van der Waals surface area (Å²) < 4.78 is 41.2. The second-order valence-corrected chi connectivity index (χ2v) is 8.69. The summed E-state index contributed by atoms with van der Waals surface area (Å²) in [6.07, 6.45) is -0.672. The van der Waals surface area contributed by atoms with Crippen LogP contribution < -0.4 is 10.2 Å². The first-order valence-corrected chi connectivity index (χ1v) is 10.8. The van der Waals surface area contributed by atoms with Gasteiger partial charge in [-0.3, -0.25) is 4.79 Å². The van der Waals surface area contributed by atoms with E-state index in [0.717, 1.165) is 50.4 Å². The van der Waals surface area contributed by atoms with Crippen LogP contribution in [0.3, 0.4) is 0 Å². The summed E-state index contributed by atoms with van der Waals surface area (Å²) in [4.78, 5) is 18.0. The van der Waals surface area contributed by atoms with E-state index < -0.39 is 17.6 Å². The summed E-state index contributed by atoms with van der Waals surface area (Å²) in [7, 11) is 2.00. The number of nitrogens with one attached hydrogen (secondary N) is 1. The zero-order chi connectivity index (χ0) is 20.6. The predicted molar refractivity (Wildman–Crippen MR) is 110 cm³/mol. The molecule has 0 bridgehead atoms. The van der Waals surface area contributed by atoms with E-state index in [1.165, 1.54) is 22.3 Å². The predicted octanol–water partition coefficient (Wildman–Crippen LogP) is 4.65. The summed E-state index contributed by atoms with van der Waals surface area (Å²) in [6, 6.07) is 4.20. The summed E-state index contributed by atoms with van der Waals surface area (Å²) in [5, 5.41) is 4.30. The monoisotopic (exact) mass is 423 g/mol. The molecular weight excluding hydrogens is 399 g/mol. The van der Waals surface area contributed by atoms with Gasteiger partial charge in [0.15, 0.2) is 0 Å². The Morgan fingerprint density at radius 1 is 1.10 bits per heavy atom. The second kappa shape index (κ2) is 7.99. The molecule has 8 heteroatoms. The number of rotatable bonds is 3. The first-order chi connectivity index (χ1) is 13.8. The number of benzene rings is 1. The molecule has 1 fully saturated rings. The van der Waals surface area contributed by atoms with Crippen molar-refractivity contribution in [3.63, 3.8) is 0 Å². The fourth-order valence-corrected chi connectivity index (χ4v) is 5.14. The number of carbonyl (C=O) groups is 1. The highest BCUT2D eigenvalue weighted by Gasteiger charge is 2.35. The van der Waals surface area contributed by atoms with Gasteiger partial charge in [0.05, 0.1) is 16.8 Å². The van der Waals surface area contributed by atoms with E-state index in [4.69, 9.17) is 0 Å². The van der Waals surface area contributed by atoms with Crippen molar-refractivity contribution in [1.29, 1.82) is 0 Å². The molecule has 0 atom stereocenters. The molecule has 0 radical (unpaired) electrons. The van der Waals surface area contributed by atoms with Gasteiger partial charge < -0.3 is 15.1 Å². The number of alkyl halides is 3. The Bertz CT molecular complexity index is 901. The molecule has 1 aliphatic heterocycles. The number of nitrogens with zero attached hydrogens (tertiary/aromatic N) is 2. The third-order valence-corrected chi connectivity index (χ3v) is 6.82. The number of anilines is 2. The molecular formula is C21H24F3N3OS. The van der Waals surface area contributed by atoms with Crippen LogP contribution in [0.5, 0.6) is 0 Å². The van der Waals surface area contributed by atoms with Crippen molar-refractivity contribution in [3.05, 3.63) is 45.1 Å². The molecule has 1 N–H and O–H groups in total. The number of aryl methyl sites for hydroxylation is 1. The molecule has 0 saturated carbocycles. The molecule has 1 aromatic heterocycles. The lowest BCUT2D eigenvalue weighted by molar-refractivity contribution is -0.136. The molecule has 1 saturated heterocycles. The van der Waals surface area contributed by atoms with E-state index in [-0.39, 0.29) is 5.69 Å². The van der Waals surface area contributed by atoms with Crippen LogP contribution in [0.2, 0.25) is 0 Å². The highest BCUT2D eigenvalue weighted by Crippen LogP contribution is 2.38. The number of piperazine rings is 1. The third-order valence-electron chi connectivity index (χ3n) is 5.73. The Morgan fingerprint density at radius 2 is 1.83 bits per heavy atom. The SMILES string of the molecule is CN1CCN(c2ccc(NC(=O)c3csc4c3CCCC4)c(C(F)(F)F)c2)CC1. The van der Waals surface area contributed by atoms with Crippen molar-refractivity contribution in [2.75, 3.05) is 43.4 Å². The molecule has 156 valence electrons. The van der Waals surface area contributed by atoms with Gasteiger partial charge in [-0.1, -0.05) is 0 Å². The molecule has 2 aliphatic rings. The van der Waals surface area contributed by atoms with Crippen LogP contribution in [0, 0.1) is 0 Å². The van der Waals surface area contributed by atoms with Crippen LogP contribution in [0.15, 0.2) is 23.6 Å². The minimum absolute atomic E-state index is 0.184. The average Bonchev–Trinajstić information content (AvgIpc) is 3.12. The molecule has 0 unspecified atom stereocenters. The van der Waals surface area contributed by atoms with Gasteiger partial charge >= 0.3 is 6.18 Å². The Morgan fingerprint density at radius 3 is 2.55 bits per heavy atom. The lowest BCUT2D eigenvalue weighted by Crippen LogP contribution is -2.44. The molecule has 0 spiro atoms. The van der Waals surface area contributed by atoms with Crippen LogP contribution in [0.25, 0.3) is 0 Å². The summed E-state index contributed by atoms with van der Waals surface area (Å²) in [6.45, 7) is 2.98. The highest BCUT2D eigenvalue weighted by molar-refractivity contribution is 7.10. The van der Waals surface area contributed by atoms with Gasteiger partial charge in [0.1, 0.15) is 0 Å². The van der Waals surface area contributed by atoms with E-state index in [2.05, 4.69) is 10.2 Å². The second-order valence-electron chi connectivity index (χ2n) is 7.73. The van der Waals surface area contributed by atoms with Gasteiger partial charge in [-0.15, -0.1) is 11.3 Å². The molecule has 4 rings (SSSR count). The Hall–Kier alpha value is -2.06. The topological polar surface area (TPSA) is 35.6 Å². The molecule has 1 amide bonds. The largest absolute Gasteiger partial charge is 0.418 e. The fraction of sp³-hybridized carbons (Fsp3) is 0.476. The van der Waals surface area contributed by atoms with E-state index >= 15 is 0 Å². The minimum atomic E-state index is -4.54. The summed E-state index contributed by atoms with van der Waals surface area (Å²) >= 11 is 1.53. The Balaban J connectivity index is 1.59. The zero-order valence-electron chi connectivity index (χ0n) is 16.3.